The van der Waals surface area contributed by atoms with E-state index in [9.17, 15) is 50.4 Å². The average Bonchev–Trinajstić information content (AvgIpc) is 3.81. The first-order chi connectivity index (χ1) is 23.6. The topological polar surface area (TPSA) is 251 Å². The van der Waals surface area contributed by atoms with Gasteiger partial charge in [0.1, 0.15) is 67.1 Å². The lowest BCUT2D eigenvalue weighted by molar-refractivity contribution is -0.330. The third-order valence-electron chi connectivity index (χ3n) is 10.6. The zero-order valence-corrected chi connectivity index (χ0v) is 28.9. The van der Waals surface area contributed by atoms with Crippen LogP contribution >= 0.6 is 0 Å². The molecule has 16 heteroatoms. The van der Waals surface area contributed by atoms with Crippen molar-refractivity contribution in [2.24, 2.45) is 35.5 Å². The van der Waals surface area contributed by atoms with E-state index in [0.717, 1.165) is 5.57 Å². The normalized spacial score (nSPS) is 44.0. The molecule has 2 saturated carbocycles. The molecular formula is C34H54O16. The van der Waals surface area contributed by atoms with E-state index in [4.69, 9.17) is 28.4 Å². The highest BCUT2D eigenvalue weighted by atomic mass is 16.7. The molecule has 8 N–H and O–H groups in total. The molecule has 286 valence electrons. The summed E-state index contributed by atoms with van der Waals surface area (Å²) in [6.45, 7) is 6.07. The van der Waals surface area contributed by atoms with Crippen LogP contribution in [0.4, 0.5) is 0 Å². The maximum absolute atomic E-state index is 12.8. The first-order valence-corrected chi connectivity index (χ1v) is 17.6. The second-order valence-corrected chi connectivity index (χ2v) is 15.3. The Morgan fingerprint density at radius 3 is 2.04 bits per heavy atom. The van der Waals surface area contributed by atoms with Crippen molar-refractivity contribution < 1.29 is 78.9 Å². The van der Waals surface area contributed by atoms with Gasteiger partial charge in [-0.2, -0.15) is 0 Å². The summed E-state index contributed by atoms with van der Waals surface area (Å²) < 4.78 is 34.1. The summed E-state index contributed by atoms with van der Waals surface area (Å²) in [7, 11) is 0. The van der Waals surface area contributed by atoms with Crippen molar-refractivity contribution in [1.82, 2.24) is 0 Å². The molecule has 0 radical (unpaired) electrons. The highest BCUT2D eigenvalue weighted by Gasteiger charge is 2.71. The number of esters is 2. The summed E-state index contributed by atoms with van der Waals surface area (Å²) in [4.78, 5) is 25.3. The molecule has 16 atom stereocenters. The molecule has 2 saturated heterocycles. The second kappa shape index (κ2) is 16.1. The summed E-state index contributed by atoms with van der Waals surface area (Å²) in [5.41, 5.74) is -0.688. The Kier molecular flexibility index (Phi) is 12.7. The predicted molar refractivity (Wildman–Crippen MR) is 168 cm³/mol. The Hall–Kier alpha value is -1.80. The fourth-order valence-electron chi connectivity index (χ4n) is 8.00. The predicted octanol–water partition coefficient (Wildman–Crippen LogP) is -1.88. The van der Waals surface area contributed by atoms with Crippen molar-refractivity contribution in [2.45, 2.75) is 126 Å². The average molecular weight is 719 g/mol. The molecule has 0 bridgehead atoms. The Morgan fingerprint density at radius 2 is 1.42 bits per heavy atom. The first kappa shape index (κ1) is 39.4. The molecular weight excluding hydrogens is 664 g/mol. The fourth-order valence-corrected chi connectivity index (χ4v) is 8.00. The van der Waals surface area contributed by atoms with E-state index in [1.54, 1.807) is 0 Å². The first-order valence-electron chi connectivity index (χ1n) is 17.6. The van der Waals surface area contributed by atoms with Gasteiger partial charge in [-0.15, -0.1) is 0 Å². The Morgan fingerprint density at radius 1 is 0.840 bits per heavy atom. The quantitative estimate of drug-likeness (QED) is 0.0723. The van der Waals surface area contributed by atoms with Crippen LogP contribution in [0.2, 0.25) is 0 Å². The number of hydrogen-bond acceptors (Lipinski definition) is 16. The van der Waals surface area contributed by atoms with Gasteiger partial charge >= 0.3 is 11.9 Å². The van der Waals surface area contributed by atoms with Crippen LogP contribution in [0.5, 0.6) is 0 Å². The highest BCUT2D eigenvalue weighted by molar-refractivity contribution is 5.70. The van der Waals surface area contributed by atoms with Crippen LogP contribution in [0.15, 0.2) is 11.6 Å². The van der Waals surface area contributed by atoms with Crippen molar-refractivity contribution in [3.05, 3.63) is 11.6 Å². The van der Waals surface area contributed by atoms with E-state index in [0.29, 0.717) is 6.42 Å². The summed E-state index contributed by atoms with van der Waals surface area (Å²) in [6, 6.07) is 0. The van der Waals surface area contributed by atoms with Crippen molar-refractivity contribution >= 4 is 11.9 Å². The van der Waals surface area contributed by atoms with Crippen LogP contribution in [0.25, 0.3) is 0 Å². The summed E-state index contributed by atoms with van der Waals surface area (Å²) in [5.74, 6) is -1.77. The minimum atomic E-state index is -1.72. The highest BCUT2D eigenvalue weighted by Crippen LogP contribution is 2.67. The monoisotopic (exact) mass is 718 g/mol. The van der Waals surface area contributed by atoms with E-state index in [1.165, 1.54) is 0 Å². The number of carbonyl (C=O) groups excluding carboxylic acids is 2. The number of aliphatic hydroxyl groups excluding tert-OH is 7. The Bertz CT molecular complexity index is 1210. The SMILES string of the molecule is CC(C)CC(=O)OCC1(O)C2CC2C2C(COC3OC(COC4OC(CO)C(O)C(O)C4O)C(O)C(O)C3O)=CCC(OC(=O)CC(C)C)C21. The molecule has 50 heavy (non-hydrogen) atoms. The zero-order chi connectivity index (χ0) is 36.7. The molecule has 16 unspecified atom stereocenters. The molecule has 4 fully saturated rings. The lowest BCUT2D eigenvalue weighted by Gasteiger charge is -2.44. The Labute approximate surface area is 290 Å². The van der Waals surface area contributed by atoms with Crippen molar-refractivity contribution in [3.63, 3.8) is 0 Å². The third kappa shape index (κ3) is 8.21. The van der Waals surface area contributed by atoms with E-state index in [2.05, 4.69) is 0 Å². The molecule has 16 nitrogen and oxygen atoms in total. The maximum Gasteiger partial charge on any atom is 0.306 e. The van der Waals surface area contributed by atoms with Crippen LogP contribution in [-0.2, 0) is 38.0 Å². The molecule has 0 aromatic rings. The van der Waals surface area contributed by atoms with Crippen LogP contribution in [-0.4, -0.2) is 152 Å². The van der Waals surface area contributed by atoms with Crippen molar-refractivity contribution in [3.8, 4) is 0 Å². The minimum Gasteiger partial charge on any atom is -0.463 e. The van der Waals surface area contributed by atoms with Gasteiger partial charge in [0, 0.05) is 25.2 Å². The van der Waals surface area contributed by atoms with Gasteiger partial charge < -0.3 is 69.3 Å². The lowest BCUT2D eigenvalue weighted by atomic mass is 9.70. The standard InChI is InChI=1S/C34H54O16/c1-14(2)7-22(36)47-13-34(44)18-9-17(18)24-16(5-6-19(25(24)34)48-23(37)8-15(3)4)11-45-32-31(43)29(41)27(39)21(50-32)12-46-33-30(42)28(40)26(38)20(10-35)49-33/h5,14-15,17-21,24-33,35,38-44H,6-13H2,1-4H3. The van der Waals surface area contributed by atoms with Gasteiger partial charge in [-0.25, -0.2) is 0 Å². The molecule has 2 aliphatic heterocycles. The number of carbonyl (C=O) groups is 2. The maximum atomic E-state index is 12.8. The number of rotatable bonds is 14. The summed E-state index contributed by atoms with van der Waals surface area (Å²) in [6.07, 6.45) is -13.0. The lowest BCUT2D eigenvalue weighted by Crippen LogP contribution is -2.61. The summed E-state index contributed by atoms with van der Waals surface area (Å²) in [5, 5.41) is 83.9. The molecule has 5 rings (SSSR count). The molecule has 0 aromatic heterocycles. The molecule has 2 heterocycles. The smallest absolute Gasteiger partial charge is 0.306 e. The van der Waals surface area contributed by atoms with E-state index >= 15 is 0 Å². The van der Waals surface area contributed by atoms with Crippen LogP contribution in [0, 0.1) is 35.5 Å². The molecule has 0 amide bonds. The summed E-state index contributed by atoms with van der Waals surface area (Å²) >= 11 is 0. The number of hydrogen-bond donors (Lipinski definition) is 8. The van der Waals surface area contributed by atoms with Gasteiger partial charge in [0.25, 0.3) is 0 Å². The molecule has 3 aliphatic carbocycles. The third-order valence-corrected chi connectivity index (χ3v) is 10.6. The zero-order valence-electron chi connectivity index (χ0n) is 28.9. The van der Waals surface area contributed by atoms with Gasteiger partial charge in [-0.3, -0.25) is 9.59 Å². The van der Waals surface area contributed by atoms with Gasteiger partial charge in [-0.1, -0.05) is 33.8 Å². The van der Waals surface area contributed by atoms with Crippen LogP contribution in [0.1, 0.15) is 53.4 Å². The van der Waals surface area contributed by atoms with Gasteiger partial charge in [0.15, 0.2) is 12.6 Å². The van der Waals surface area contributed by atoms with Crippen LogP contribution in [0.3, 0.4) is 0 Å². The second-order valence-electron chi connectivity index (χ2n) is 15.3. The molecule has 5 aliphatic rings. The van der Waals surface area contributed by atoms with Gasteiger partial charge in [0.2, 0.25) is 0 Å². The largest absolute Gasteiger partial charge is 0.463 e. The number of ether oxygens (including phenoxy) is 6. The van der Waals surface area contributed by atoms with Gasteiger partial charge in [-0.05, 0) is 41.6 Å². The minimum absolute atomic E-state index is 0.000420. The van der Waals surface area contributed by atoms with Crippen molar-refractivity contribution in [2.75, 3.05) is 26.4 Å². The van der Waals surface area contributed by atoms with Gasteiger partial charge in [0.05, 0.1) is 19.8 Å². The van der Waals surface area contributed by atoms with Crippen molar-refractivity contribution in [1.29, 1.82) is 0 Å². The van der Waals surface area contributed by atoms with Crippen LogP contribution < -0.4 is 0 Å². The molecule has 0 aromatic carbocycles. The van der Waals surface area contributed by atoms with E-state index in [1.807, 2.05) is 33.8 Å². The fraction of sp³-hybridized carbons (Fsp3) is 0.882. The Balaban J connectivity index is 1.27. The van der Waals surface area contributed by atoms with E-state index in [-0.39, 0.29) is 68.0 Å². The number of fused-ring (bicyclic) bond motifs is 3. The molecule has 0 spiro atoms. The van der Waals surface area contributed by atoms with E-state index < -0.39 is 98.2 Å². The number of aliphatic hydroxyl groups is 8.